The maximum absolute atomic E-state index is 3.76. The molecule has 21 heavy (non-hydrogen) atoms. The molecular weight excluding hydrogens is 392 g/mol. The molecule has 1 N–H and O–H groups in total. The molecule has 118 valence electrons. The van der Waals surface area contributed by atoms with Gasteiger partial charge in [-0.15, -0.1) is 0 Å². The van der Waals surface area contributed by atoms with Gasteiger partial charge in [0.2, 0.25) is 0 Å². The molecular formula is C17H26Br2N2. The predicted molar refractivity (Wildman–Crippen MR) is 99.1 cm³/mol. The molecule has 2 nitrogen and oxygen atoms in total. The smallest absolute Gasteiger partial charge is 0.0658 e. The highest BCUT2D eigenvalue weighted by Crippen LogP contribution is 2.38. The van der Waals surface area contributed by atoms with Crippen molar-refractivity contribution in [2.75, 3.05) is 18.0 Å². The van der Waals surface area contributed by atoms with Crippen molar-refractivity contribution in [2.45, 2.75) is 46.7 Å². The van der Waals surface area contributed by atoms with E-state index < -0.39 is 0 Å². The number of piperazine rings is 1. The normalized spacial score (nSPS) is 23.7. The third kappa shape index (κ3) is 3.83. The van der Waals surface area contributed by atoms with Crippen LogP contribution in [0.25, 0.3) is 0 Å². The minimum absolute atomic E-state index is 0.258. The summed E-state index contributed by atoms with van der Waals surface area (Å²) < 4.78 is 2.33. The number of rotatable bonds is 2. The molecule has 1 aromatic carbocycles. The van der Waals surface area contributed by atoms with Crippen molar-refractivity contribution >= 4 is 37.5 Å². The van der Waals surface area contributed by atoms with Gasteiger partial charge in [0.15, 0.2) is 0 Å². The Morgan fingerprint density at radius 1 is 1.19 bits per heavy atom. The lowest BCUT2D eigenvalue weighted by atomic mass is 9.83. The first-order valence-corrected chi connectivity index (χ1v) is 9.24. The number of hydrogen-bond acceptors (Lipinski definition) is 2. The fourth-order valence-corrected chi connectivity index (χ4v) is 4.42. The summed E-state index contributed by atoms with van der Waals surface area (Å²) in [5, 5.41) is 3.76. The van der Waals surface area contributed by atoms with Crippen LogP contribution in [-0.2, 0) is 0 Å². The quantitative estimate of drug-likeness (QED) is 0.723. The van der Waals surface area contributed by atoms with Crippen molar-refractivity contribution < 1.29 is 0 Å². The maximum Gasteiger partial charge on any atom is 0.0658 e. The van der Waals surface area contributed by atoms with Crippen molar-refractivity contribution in [3.05, 3.63) is 27.1 Å². The van der Waals surface area contributed by atoms with Gasteiger partial charge in [-0.1, -0.05) is 40.7 Å². The monoisotopic (exact) mass is 416 g/mol. The number of nitrogens with one attached hydrogen (secondary N) is 1. The standard InChI is InChI=1S/C17H26Br2N2/c1-11(2)14-9-20-15(17(3,4)5)10-21(14)16-12(18)7-6-8-13(16)19/h6-8,11,14-15,20H,9-10H2,1-5H3. The van der Waals surface area contributed by atoms with Gasteiger partial charge >= 0.3 is 0 Å². The zero-order valence-corrected chi connectivity index (χ0v) is 16.8. The van der Waals surface area contributed by atoms with Crippen molar-refractivity contribution in [3.8, 4) is 0 Å². The van der Waals surface area contributed by atoms with Gasteiger partial charge in [-0.25, -0.2) is 0 Å². The second kappa shape index (κ2) is 6.59. The minimum Gasteiger partial charge on any atom is -0.364 e. The molecule has 0 bridgehead atoms. The Labute approximate surface area is 145 Å². The summed E-state index contributed by atoms with van der Waals surface area (Å²) in [6, 6.07) is 7.34. The molecule has 1 heterocycles. The summed E-state index contributed by atoms with van der Waals surface area (Å²) in [6.45, 7) is 13.6. The van der Waals surface area contributed by atoms with E-state index >= 15 is 0 Å². The molecule has 2 atom stereocenters. The molecule has 0 spiro atoms. The van der Waals surface area contributed by atoms with Crippen LogP contribution in [0, 0.1) is 11.3 Å². The highest BCUT2D eigenvalue weighted by atomic mass is 79.9. The molecule has 2 unspecified atom stereocenters. The average Bonchev–Trinajstić information content (AvgIpc) is 2.37. The van der Waals surface area contributed by atoms with Crippen LogP contribution in [0.2, 0.25) is 0 Å². The van der Waals surface area contributed by atoms with Gasteiger partial charge in [-0.2, -0.15) is 0 Å². The number of hydrogen-bond donors (Lipinski definition) is 1. The predicted octanol–water partition coefficient (Wildman–Crippen LogP) is 5.06. The third-order valence-electron chi connectivity index (χ3n) is 4.39. The van der Waals surface area contributed by atoms with E-state index in [1.807, 2.05) is 0 Å². The maximum atomic E-state index is 3.76. The molecule has 0 saturated carbocycles. The number of nitrogens with zero attached hydrogens (tertiary/aromatic N) is 1. The second-order valence-electron chi connectivity index (χ2n) is 7.36. The Morgan fingerprint density at radius 2 is 1.76 bits per heavy atom. The minimum atomic E-state index is 0.258. The fraction of sp³-hybridized carbons (Fsp3) is 0.647. The molecule has 1 saturated heterocycles. The first-order valence-electron chi connectivity index (χ1n) is 7.66. The Morgan fingerprint density at radius 3 is 2.24 bits per heavy atom. The van der Waals surface area contributed by atoms with Crippen LogP contribution < -0.4 is 10.2 Å². The van der Waals surface area contributed by atoms with Crippen LogP contribution >= 0.6 is 31.9 Å². The highest BCUT2D eigenvalue weighted by Gasteiger charge is 2.36. The molecule has 0 amide bonds. The number of benzene rings is 1. The molecule has 2 rings (SSSR count). The van der Waals surface area contributed by atoms with E-state index in [-0.39, 0.29) is 5.41 Å². The Bertz CT molecular complexity index is 474. The Kier molecular flexibility index (Phi) is 5.43. The zero-order chi connectivity index (χ0) is 15.8. The molecule has 1 aromatic rings. The lowest BCUT2D eigenvalue weighted by Gasteiger charge is -2.48. The average molecular weight is 418 g/mol. The summed E-state index contributed by atoms with van der Waals surface area (Å²) in [6.07, 6.45) is 0. The molecule has 0 aliphatic carbocycles. The first kappa shape index (κ1) is 17.3. The van der Waals surface area contributed by atoms with Crippen molar-refractivity contribution in [3.63, 3.8) is 0 Å². The molecule has 1 fully saturated rings. The topological polar surface area (TPSA) is 15.3 Å². The summed E-state index contributed by atoms with van der Waals surface area (Å²) >= 11 is 7.48. The highest BCUT2D eigenvalue weighted by molar-refractivity contribution is 9.11. The van der Waals surface area contributed by atoms with Crippen LogP contribution in [0.1, 0.15) is 34.6 Å². The molecule has 0 aromatic heterocycles. The van der Waals surface area contributed by atoms with E-state index in [2.05, 4.69) is 94.9 Å². The van der Waals surface area contributed by atoms with E-state index in [0.717, 1.165) is 22.0 Å². The van der Waals surface area contributed by atoms with Gasteiger partial charge in [-0.3, -0.25) is 0 Å². The fourth-order valence-electron chi connectivity index (χ4n) is 2.97. The van der Waals surface area contributed by atoms with Crippen LogP contribution in [0.15, 0.2) is 27.1 Å². The van der Waals surface area contributed by atoms with Crippen LogP contribution in [-0.4, -0.2) is 25.2 Å². The van der Waals surface area contributed by atoms with E-state index in [1.165, 1.54) is 5.69 Å². The largest absolute Gasteiger partial charge is 0.364 e. The van der Waals surface area contributed by atoms with E-state index in [1.54, 1.807) is 0 Å². The van der Waals surface area contributed by atoms with Gasteiger partial charge in [0.1, 0.15) is 0 Å². The molecule has 0 radical (unpaired) electrons. The summed E-state index contributed by atoms with van der Waals surface area (Å²) in [7, 11) is 0. The molecule has 1 aliphatic rings. The summed E-state index contributed by atoms with van der Waals surface area (Å²) in [4.78, 5) is 2.57. The molecule has 4 heteroatoms. The van der Waals surface area contributed by atoms with Crippen molar-refractivity contribution in [1.82, 2.24) is 5.32 Å². The molecule has 1 aliphatic heterocycles. The lowest BCUT2D eigenvalue weighted by Crippen LogP contribution is -2.62. The van der Waals surface area contributed by atoms with E-state index in [4.69, 9.17) is 0 Å². The lowest BCUT2D eigenvalue weighted by molar-refractivity contribution is 0.220. The summed E-state index contributed by atoms with van der Waals surface area (Å²) in [5.74, 6) is 0.609. The SMILES string of the molecule is CC(C)C1CNC(C(C)(C)C)CN1c1c(Br)cccc1Br. The third-order valence-corrected chi connectivity index (χ3v) is 5.67. The number of anilines is 1. The van der Waals surface area contributed by atoms with Gasteiger partial charge in [-0.05, 0) is 55.3 Å². The van der Waals surface area contributed by atoms with Gasteiger partial charge < -0.3 is 10.2 Å². The van der Waals surface area contributed by atoms with Crippen LogP contribution in [0.5, 0.6) is 0 Å². The van der Waals surface area contributed by atoms with Gasteiger partial charge in [0.05, 0.1) is 5.69 Å². The van der Waals surface area contributed by atoms with Gasteiger partial charge in [0, 0.05) is 34.1 Å². The summed E-state index contributed by atoms with van der Waals surface area (Å²) in [5.41, 5.74) is 1.54. The van der Waals surface area contributed by atoms with Crippen molar-refractivity contribution in [2.24, 2.45) is 11.3 Å². The second-order valence-corrected chi connectivity index (χ2v) is 9.07. The van der Waals surface area contributed by atoms with Crippen LogP contribution in [0.4, 0.5) is 5.69 Å². The zero-order valence-electron chi connectivity index (χ0n) is 13.6. The van der Waals surface area contributed by atoms with Gasteiger partial charge in [0.25, 0.3) is 0 Å². The number of halogens is 2. The Hall–Kier alpha value is -0.0600. The number of para-hydroxylation sites is 1. The van der Waals surface area contributed by atoms with E-state index in [0.29, 0.717) is 18.0 Å². The Balaban J connectivity index is 2.39. The van der Waals surface area contributed by atoms with Crippen LogP contribution in [0.3, 0.4) is 0 Å². The van der Waals surface area contributed by atoms with E-state index in [9.17, 15) is 0 Å². The first-order chi connectivity index (χ1) is 9.71. The van der Waals surface area contributed by atoms with Crippen molar-refractivity contribution in [1.29, 1.82) is 0 Å².